The van der Waals surface area contributed by atoms with Crippen LogP contribution in [0, 0.1) is 10.1 Å². The molecular formula is C24H21ClN4O4. The van der Waals surface area contributed by atoms with Crippen molar-refractivity contribution < 1.29 is 14.5 Å². The first-order valence-corrected chi connectivity index (χ1v) is 10.7. The highest BCUT2D eigenvalue weighted by molar-refractivity contribution is 6.31. The van der Waals surface area contributed by atoms with Gasteiger partial charge in [0, 0.05) is 28.4 Å². The minimum Gasteiger partial charge on any atom is -0.359 e. The average Bonchev–Trinajstić information content (AvgIpc) is 2.81. The van der Waals surface area contributed by atoms with Gasteiger partial charge >= 0.3 is 0 Å². The topological polar surface area (TPSA) is 105 Å². The Morgan fingerprint density at radius 2 is 1.76 bits per heavy atom. The molecule has 0 saturated carbocycles. The first kappa shape index (κ1) is 22.3. The van der Waals surface area contributed by atoms with E-state index in [1.807, 2.05) is 24.3 Å². The Kier molecular flexibility index (Phi) is 6.02. The number of hydrogen-bond donors (Lipinski definition) is 2. The van der Waals surface area contributed by atoms with Crippen LogP contribution in [0.3, 0.4) is 0 Å². The maximum atomic E-state index is 13.4. The van der Waals surface area contributed by atoms with Crippen LogP contribution in [0.4, 0.5) is 11.4 Å². The van der Waals surface area contributed by atoms with Crippen molar-refractivity contribution in [1.29, 1.82) is 0 Å². The van der Waals surface area contributed by atoms with E-state index in [2.05, 4.69) is 24.6 Å². The van der Waals surface area contributed by atoms with Gasteiger partial charge in [-0.1, -0.05) is 49.7 Å². The van der Waals surface area contributed by atoms with Gasteiger partial charge < -0.3 is 5.32 Å². The molecule has 1 atom stereocenters. The molecule has 0 spiro atoms. The normalized spacial score (nSPS) is 15.1. The molecule has 4 rings (SSSR count). The third-order valence-corrected chi connectivity index (χ3v) is 5.70. The molecule has 2 amide bonds. The molecule has 1 unspecified atom stereocenters. The van der Waals surface area contributed by atoms with E-state index in [-0.39, 0.29) is 11.3 Å². The number of rotatable bonds is 5. The summed E-state index contributed by atoms with van der Waals surface area (Å²) in [6.07, 6.45) is -0.672. The van der Waals surface area contributed by atoms with Crippen molar-refractivity contribution in [1.82, 2.24) is 10.4 Å². The van der Waals surface area contributed by atoms with Crippen molar-refractivity contribution in [3.63, 3.8) is 0 Å². The van der Waals surface area contributed by atoms with Crippen LogP contribution in [-0.2, 0) is 0 Å². The molecule has 168 valence electrons. The minimum atomic E-state index is -0.672. The van der Waals surface area contributed by atoms with Gasteiger partial charge in [-0.15, -0.1) is 0 Å². The van der Waals surface area contributed by atoms with Gasteiger partial charge in [0.25, 0.3) is 17.5 Å². The van der Waals surface area contributed by atoms with Crippen LogP contribution in [-0.4, -0.2) is 21.7 Å². The molecule has 8 nitrogen and oxygen atoms in total. The number of hydrogen-bond acceptors (Lipinski definition) is 5. The van der Waals surface area contributed by atoms with Crippen molar-refractivity contribution in [2.24, 2.45) is 0 Å². The summed E-state index contributed by atoms with van der Waals surface area (Å²) in [6.45, 7) is 4.18. The van der Waals surface area contributed by atoms with Crippen molar-refractivity contribution in [3.05, 3.63) is 104 Å². The lowest BCUT2D eigenvalue weighted by Gasteiger charge is -2.38. The fraction of sp³-hybridized carbons (Fsp3) is 0.167. The second-order valence-corrected chi connectivity index (χ2v) is 8.41. The van der Waals surface area contributed by atoms with Crippen molar-refractivity contribution >= 4 is 34.8 Å². The number of carbonyl (C=O) groups excluding carboxylic acids is 2. The zero-order valence-corrected chi connectivity index (χ0v) is 18.7. The Bertz CT molecular complexity index is 1230. The fourth-order valence-electron chi connectivity index (χ4n) is 3.60. The third-order valence-electron chi connectivity index (χ3n) is 5.46. The van der Waals surface area contributed by atoms with Gasteiger partial charge in [-0.25, -0.2) is 5.01 Å². The van der Waals surface area contributed by atoms with Crippen LogP contribution >= 0.6 is 11.6 Å². The fourth-order valence-corrected chi connectivity index (χ4v) is 3.77. The quantitative estimate of drug-likeness (QED) is 0.394. The number of non-ortho nitro benzene ring substituents is 1. The molecular weight excluding hydrogens is 444 g/mol. The summed E-state index contributed by atoms with van der Waals surface area (Å²) >= 11 is 6.09. The van der Waals surface area contributed by atoms with Gasteiger partial charge in [-0.3, -0.25) is 25.1 Å². The maximum Gasteiger partial charge on any atom is 0.276 e. The van der Waals surface area contributed by atoms with Crippen LogP contribution in [0.1, 0.15) is 57.8 Å². The van der Waals surface area contributed by atoms with Crippen LogP contribution in [0.5, 0.6) is 0 Å². The smallest absolute Gasteiger partial charge is 0.276 e. The van der Waals surface area contributed by atoms with Gasteiger partial charge in [0.15, 0.2) is 0 Å². The highest BCUT2D eigenvalue weighted by Crippen LogP contribution is 2.34. The maximum absolute atomic E-state index is 13.4. The molecule has 1 aliphatic heterocycles. The predicted octanol–water partition coefficient (Wildman–Crippen LogP) is 5.28. The number of anilines is 1. The van der Waals surface area contributed by atoms with Crippen LogP contribution < -0.4 is 10.7 Å². The number of hydrazine groups is 1. The average molecular weight is 465 g/mol. The minimum absolute atomic E-state index is 0.131. The molecule has 0 bridgehead atoms. The van der Waals surface area contributed by atoms with Gasteiger partial charge in [-0.2, -0.15) is 0 Å². The van der Waals surface area contributed by atoms with E-state index in [0.29, 0.717) is 22.2 Å². The highest BCUT2D eigenvalue weighted by atomic mass is 35.5. The second kappa shape index (κ2) is 8.91. The lowest BCUT2D eigenvalue weighted by atomic mass is 9.99. The molecule has 0 radical (unpaired) electrons. The predicted molar refractivity (Wildman–Crippen MR) is 125 cm³/mol. The summed E-state index contributed by atoms with van der Waals surface area (Å²) in [5.74, 6) is -0.658. The van der Waals surface area contributed by atoms with Crippen molar-refractivity contribution in [2.75, 3.05) is 5.32 Å². The van der Waals surface area contributed by atoms with E-state index in [9.17, 15) is 19.7 Å². The molecule has 33 heavy (non-hydrogen) atoms. The summed E-state index contributed by atoms with van der Waals surface area (Å²) in [6, 6.07) is 17.9. The van der Waals surface area contributed by atoms with Crippen molar-refractivity contribution in [2.45, 2.75) is 25.9 Å². The summed E-state index contributed by atoms with van der Waals surface area (Å²) in [5.41, 5.74) is 5.54. The number of nitrogens with zero attached hydrogens (tertiary/aromatic N) is 2. The van der Waals surface area contributed by atoms with Gasteiger partial charge in [0.1, 0.15) is 6.17 Å². The molecule has 1 aliphatic rings. The van der Waals surface area contributed by atoms with Gasteiger partial charge in [0.05, 0.1) is 10.5 Å². The Labute approximate surface area is 195 Å². The second-order valence-electron chi connectivity index (χ2n) is 7.98. The number of halogens is 1. The van der Waals surface area contributed by atoms with E-state index >= 15 is 0 Å². The molecule has 3 aromatic carbocycles. The summed E-state index contributed by atoms with van der Waals surface area (Å²) < 4.78 is 0. The molecule has 0 aromatic heterocycles. The van der Waals surface area contributed by atoms with Gasteiger partial charge in [0.2, 0.25) is 0 Å². The lowest BCUT2D eigenvalue weighted by molar-refractivity contribution is -0.384. The Morgan fingerprint density at radius 3 is 2.36 bits per heavy atom. The van der Waals surface area contributed by atoms with Crippen LogP contribution in [0.25, 0.3) is 0 Å². The Hall–Kier alpha value is -3.91. The lowest BCUT2D eigenvalue weighted by Crippen LogP contribution is -2.52. The summed E-state index contributed by atoms with van der Waals surface area (Å²) in [7, 11) is 0. The van der Waals surface area contributed by atoms with E-state index in [1.165, 1.54) is 35.3 Å². The summed E-state index contributed by atoms with van der Waals surface area (Å²) in [5, 5.41) is 15.8. The van der Waals surface area contributed by atoms with E-state index in [1.54, 1.807) is 12.1 Å². The van der Waals surface area contributed by atoms with E-state index in [4.69, 9.17) is 11.6 Å². The van der Waals surface area contributed by atoms with Crippen LogP contribution in [0.15, 0.2) is 66.7 Å². The molecule has 0 saturated heterocycles. The summed E-state index contributed by atoms with van der Waals surface area (Å²) in [4.78, 5) is 36.6. The Balaban J connectivity index is 1.68. The monoisotopic (exact) mass is 464 g/mol. The first-order valence-electron chi connectivity index (χ1n) is 10.3. The third kappa shape index (κ3) is 4.51. The molecule has 1 heterocycles. The number of nitrogens with one attached hydrogen (secondary N) is 2. The number of carbonyl (C=O) groups is 2. The van der Waals surface area contributed by atoms with Gasteiger partial charge in [-0.05, 0) is 47.4 Å². The standard InChI is InChI=1S/C24H21ClN4O4/c1-14(2)15-3-5-16(6-4-15)22-26-21-12-9-18(25)13-20(21)24(31)28(22)27-23(30)17-7-10-19(11-8-17)29(32)33/h3-14,22,26H,1-2H3,(H,27,30). The zero-order valence-electron chi connectivity index (χ0n) is 17.9. The zero-order chi connectivity index (χ0) is 23.7. The van der Waals surface area contributed by atoms with E-state index < -0.39 is 22.9 Å². The molecule has 9 heteroatoms. The largest absolute Gasteiger partial charge is 0.359 e. The Morgan fingerprint density at radius 1 is 1.09 bits per heavy atom. The number of benzene rings is 3. The highest BCUT2D eigenvalue weighted by Gasteiger charge is 2.35. The number of fused-ring (bicyclic) bond motifs is 1. The molecule has 2 N–H and O–H groups in total. The number of amides is 2. The molecule has 0 aliphatic carbocycles. The molecule has 3 aromatic rings. The number of nitro groups is 1. The van der Waals surface area contributed by atoms with Crippen LogP contribution in [0.2, 0.25) is 5.02 Å². The van der Waals surface area contributed by atoms with Crippen molar-refractivity contribution in [3.8, 4) is 0 Å². The van der Waals surface area contributed by atoms with E-state index in [0.717, 1.165) is 11.1 Å². The number of nitro benzene ring substituents is 1. The first-order chi connectivity index (χ1) is 15.7. The SMILES string of the molecule is CC(C)c1ccc(C2Nc3ccc(Cl)cc3C(=O)N2NC(=O)c2ccc([N+](=O)[O-])cc2)cc1. The molecule has 0 fully saturated rings.